The van der Waals surface area contributed by atoms with Gasteiger partial charge in [-0.1, -0.05) is 30.4 Å². The maximum atomic E-state index is 15.0. The number of fused-ring (bicyclic) bond motifs is 2. The molecule has 3 aromatic rings. The van der Waals surface area contributed by atoms with Gasteiger partial charge in [0.2, 0.25) is 0 Å². The third kappa shape index (κ3) is 6.36. The van der Waals surface area contributed by atoms with Crippen molar-refractivity contribution in [3.05, 3.63) is 112 Å². The lowest BCUT2D eigenvalue weighted by Gasteiger charge is -2.24. The smallest absolute Gasteiger partial charge is 0.429 e. The zero-order valence-electron chi connectivity index (χ0n) is 23.1. The number of nitriles is 1. The molecular formula is C34H26F6N2O. The van der Waals surface area contributed by atoms with E-state index >= 15 is 4.39 Å². The van der Waals surface area contributed by atoms with Crippen molar-refractivity contribution < 1.29 is 31.1 Å². The molecule has 1 aliphatic heterocycles. The lowest BCUT2D eigenvalue weighted by molar-refractivity contribution is -0.189. The molecule has 0 saturated heterocycles. The van der Waals surface area contributed by atoms with Crippen LogP contribution >= 0.6 is 0 Å². The Balaban J connectivity index is 0.00000207. The van der Waals surface area contributed by atoms with Crippen LogP contribution in [0.3, 0.4) is 0 Å². The van der Waals surface area contributed by atoms with Crippen molar-refractivity contribution in [3.63, 3.8) is 0 Å². The molecule has 0 spiro atoms. The number of hydrogen-bond donors (Lipinski definition) is 0. The van der Waals surface area contributed by atoms with Gasteiger partial charge in [0.05, 0.1) is 11.1 Å². The second-order valence-electron chi connectivity index (χ2n) is 10.2. The van der Waals surface area contributed by atoms with Gasteiger partial charge in [-0.3, -0.25) is 4.99 Å². The second kappa shape index (κ2) is 12.6. The molecule has 1 fully saturated rings. The molecule has 3 aromatic carbocycles. The summed E-state index contributed by atoms with van der Waals surface area (Å²) in [6, 6.07) is 9.12. The van der Waals surface area contributed by atoms with E-state index in [1.165, 1.54) is 18.2 Å². The van der Waals surface area contributed by atoms with E-state index in [2.05, 4.69) is 17.6 Å². The lowest BCUT2D eigenvalue weighted by atomic mass is 9.88. The molecule has 0 amide bonds. The monoisotopic (exact) mass is 592 g/mol. The SMILES string of the molecule is C#C.C/C=C(\C=C/Cc1ccc(-c2cc(F)c(C(F)(F)Oc3ccc(C#N)c(F)c3)c(F)c2)c(F)c1)[C@@]12CCC(C=N1)C2. The Morgan fingerprint density at radius 3 is 2.30 bits per heavy atom. The van der Waals surface area contributed by atoms with Gasteiger partial charge in [0.1, 0.15) is 40.7 Å². The Morgan fingerprint density at radius 2 is 1.77 bits per heavy atom. The molecule has 1 unspecified atom stereocenters. The number of ether oxygens (including phenoxy) is 1. The minimum Gasteiger partial charge on any atom is -0.429 e. The lowest BCUT2D eigenvalue weighted by Crippen LogP contribution is -2.25. The summed E-state index contributed by atoms with van der Waals surface area (Å²) in [6.45, 7) is 1.96. The van der Waals surface area contributed by atoms with Gasteiger partial charge in [-0.2, -0.15) is 14.0 Å². The third-order valence-corrected chi connectivity index (χ3v) is 7.55. The van der Waals surface area contributed by atoms with Crippen molar-refractivity contribution in [2.75, 3.05) is 0 Å². The first-order valence-electron chi connectivity index (χ1n) is 13.3. The van der Waals surface area contributed by atoms with Crippen molar-refractivity contribution >= 4 is 6.21 Å². The molecule has 2 atom stereocenters. The van der Waals surface area contributed by atoms with Crippen LogP contribution in [-0.2, 0) is 12.5 Å². The Labute approximate surface area is 245 Å². The number of nitrogens with zero attached hydrogens (tertiary/aromatic N) is 2. The zero-order chi connectivity index (χ0) is 31.4. The largest absolute Gasteiger partial charge is 0.432 e. The first kappa shape index (κ1) is 31.2. The molecule has 43 heavy (non-hydrogen) atoms. The minimum absolute atomic E-state index is 0.175. The van der Waals surface area contributed by atoms with E-state index in [9.17, 15) is 22.0 Å². The molecule has 9 heteroatoms. The van der Waals surface area contributed by atoms with Crippen molar-refractivity contribution in [2.45, 2.75) is 44.3 Å². The summed E-state index contributed by atoms with van der Waals surface area (Å²) in [7, 11) is 0. The molecule has 3 nitrogen and oxygen atoms in total. The van der Waals surface area contributed by atoms with Crippen molar-refractivity contribution in [2.24, 2.45) is 10.9 Å². The molecule has 0 radical (unpaired) electrons. The zero-order valence-corrected chi connectivity index (χ0v) is 23.1. The predicted molar refractivity (Wildman–Crippen MR) is 152 cm³/mol. The first-order valence-corrected chi connectivity index (χ1v) is 13.3. The molecule has 2 bridgehead atoms. The normalized spacial score (nSPS) is 19.3. The third-order valence-electron chi connectivity index (χ3n) is 7.55. The summed E-state index contributed by atoms with van der Waals surface area (Å²) in [5, 5.41) is 8.76. The second-order valence-corrected chi connectivity index (χ2v) is 10.2. The van der Waals surface area contributed by atoms with E-state index in [0.717, 1.165) is 37.0 Å². The molecular weight excluding hydrogens is 566 g/mol. The highest BCUT2D eigenvalue weighted by molar-refractivity contribution is 5.68. The van der Waals surface area contributed by atoms with Crippen LogP contribution in [0, 0.1) is 53.4 Å². The fraction of sp³-hybridized carbons (Fsp3) is 0.235. The Hall–Kier alpha value is -4.76. The van der Waals surface area contributed by atoms with Gasteiger partial charge in [0, 0.05) is 17.8 Å². The number of hydrogen-bond acceptors (Lipinski definition) is 3. The Morgan fingerprint density at radius 1 is 1.05 bits per heavy atom. The summed E-state index contributed by atoms with van der Waals surface area (Å²) in [4.78, 5) is 4.71. The highest BCUT2D eigenvalue weighted by Crippen LogP contribution is 2.46. The van der Waals surface area contributed by atoms with E-state index in [4.69, 9.17) is 10.3 Å². The molecule has 1 heterocycles. The molecule has 0 aromatic heterocycles. The fourth-order valence-corrected chi connectivity index (χ4v) is 5.51. The van der Waals surface area contributed by atoms with Crippen LogP contribution in [0.1, 0.15) is 42.9 Å². The van der Waals surface area contributed by atoms with E-state index in [1.807, 2.05) is 31.4 Å². The standard InChI is InChI=1S/C32H24F6N2O.C2H2/c1-2-23(31-11-10-20(16-31)18-40-31)5-3-4-19-6-9-25(27(34)12-19)22-13-28(35)30(29(36)14-22)32(37,38)41-24-8-7-21(17-39)26(33)15-24;1-2/h2-3,5-9,12-15,18,20H,4,10-11,16H2,1H3;1-2H/b5-3-,23-2+;/t20?,31-;/m0./s1. The number of halogens is 6. The Bertz CT molecular complexity index is 1660. The summed E-state index contributed by atoms with van der Waals surface area (Å²) < 4.78 is 92.2. The van der Waals surface area contributed by atoms with Gasteiger partial charge in [0.15, 0.2) is 0 Å². The number of aliphatic imine (C=N–C) groups is 1. The Kier molecular flexibility index (Phi) is 9.16. The first-order chi connectivity index (χ1) is 20.5. The molecule has 5 rings (SSSR count). The summed E-state index contributed by atoms with van der Waals surface area (Å²) in [5.41, 5.74) is -1.04. The van der Waals surface area contributed by atoms with Gasteiger partial charge in [-0.15, -0.1) is 12.8 Å². The highest BCUT2D eigenvalue weighted by Gasteiger charge is 2.44. The van der Waals surface area contributed by atoms with Crippen LogP contribution in [-0.4, -0.2) is 11.8 Å². The number of alkyl halides is 2. The number of benzene rings is 3. The van der Waals surface area contributed by atoms with Gasteiger partial charge < -0.3 is 4.74 Å². The van der Waals surface area contributed by atoms with Crippen LogP contribution in [0.15, 0.2) is 77.3 Å². The fourth-order valence-electron chi connectivity index (χ4n) is 5.51. The summed E-state index contributed by atoms with van der Waals surface area (Å²) in [6.07, 6.45) is 15.0. The van der Waals surface area contributed by atoms with E-state index in [-0.39, 0.29) is 16.7 Å². The van der Waals surface area contributed by atoms with Crippen LogP contribution in [0.2, 0.25) is 0 Å². The van der Waals surface area contributed by atoms with Crippen LogP contribution < -0.4 is 4.74 Å². The average molecular weight is 593 g/mol. The molecule has 1 aliphatic carbocycles. The maximum Gasteiger partial charge on any atom is 0.432 e. The van der Waals surface area contributed by atoms with E-state index in [0.29, 0.717) is 36.1 Å². The maximum absolute atomic E-state index is 15.0. The highest BCUT2D eigenvalue weighted by atomic mass is 19.3. The quantitative estimate of drug-likeness (QED) is 0.149. The van der Waals surface area contributed by atoms with Crippen molar-refractivity contribution in [1.29, 1.82) is 5.26 Å². The number of rotatable bonds is 8. The van der Waals surface area contributed by atoms with Crippen LogP contribution in [0.25, 0.3) is 11.1 Å². The van der Waals surface area contributed by atoms with Crippen molar-refractivity contribution in [1.82, 2.24) is 0 Å². The predicted octanol–water partition coefficient (Wildman–Crippen LogP) is 8.83. The van der Waals surface area contributed by atoms with Gasteiger partial charge >= 0.3 is 6.11 Å². The van der Waals surface area contributed by atoms with Gasteiger partial charge in [0.25, 0.3) is 0 Å². The van der Waals surface area contributed by atoms with Gasteiger partial charge in [-0.05, 0) is 85.6 Å². The van der Waals surface area contributed by atoms with Gasteiger partial charge in [-0.25, -0.2) is 17.6 Å². The minimum atomic E-state index is -4.53. The molecule has 2 aliphatic rings. The number of terminal acetylenes is 1. The summed E-state index contributed by atoms with van der Waals surface area (Å²) >= 11 is 0. The molecule has 1 saturated carbocycles. The molecule has 0 N–H and O–H groups in total. The van der Waals surface area contributed by atoms with Crippen LogP contribution in [0.5, 0.6) is 5.75 Å². The van der Waals surface area contributed by atoms with Crippen molar-refractivity contribution in [3.8, 4) is 35.8 Å². The average Bonchev–Trinajstić information content (AvgIpc) is 3.58. The summed E-state index contributed by atoms with van der Waals surface area (Å²) in [5.74, 6) is -5.48. The number of allylic oxidation sites excluding steroid dienone is 2. The van der Waals surface area contributed by atoms with E-state index in [1.54, 1.807) is 6.07 Å². The topological polar surface area (TPSA) is 45.4 Å². The van der Waals surface area contributed by atoms with E-state index < -0.39 is 46.3 Å². The molecule has 220 valence electrons. The van der Waals surface area contributed by atoms with Crippen LogP contribution in [0.4, 0.5) is 26.3 Å².